The lowest BCUT2D eigenvalue weighted by atomic mass is 10.1. The molecule has 0 heterocycles. The van der Waals surface area contributed by atoms with Gasteiger partial charge in [0.25, 0.3) is 0 Å². The van der Waals surface area contributed by atoms with Crippen LogP contribution in [0.4, 0.5) is 4.39 Å². The van der Waals surface area contributed by atoms with E-state index in [0.29, 0.717) is 5.56 Å². The van der Waals surface area contributed by atoms with E-state index in [-0.39, 0.29) is 19.4 Å². The van der Waals surface area contributed by atoms with Gasteiger partial charge in [-0.25, -0.2) is 4.39 Å². The molecule has 0 spiro atoms. The lowest BCUT2D eigenvalue weighted by Gasteiger charge is -2.15. The zero-order chi connectivity index (χ0) is 18.9. The van der Waals surface area contributed by atoms with Crippen molar-refractivity contribution < 1.29 is 23.5 Å². The van der Waals surface area contributed by atoms with Gasteiger partial charge in [0, 0.05) is 0 Å². The minimum atomic E-state index is -1.20. The lowest BCUT2D eigenvalue weighted by Crippen LogP contribution is -2.46. The first-order valence-electron chi connectivity index (χ1n) is 7.96. The minimum absolute atomic E-state index is 0.0579. The molecule has 26 heavy (non-hydrogen) atoms. The van der Waals surface area contributed by atoms with Crippen LogP contribution < -0.4 is 11.1 Å². The molecule has 0 aliphatic rings. The van der Waals surface area contributed by atoms with Crippen LogP contribution in [0.15, 0.2) is 54.6 Å². The van der Waals surface area contributed by atoms with Crippen LogP contribution in [0.1, 0.15) is 17.5 Å². The van der Waals surface area contributed by atoms with Gasteiger partial charge in [-0.2, -0.15) is 0 Å². The van der Waals surface area contributed by atoms with Crippen molar-refractivity contribution in [1.29, 1.82) is 0 Å². The minimum Gasteiger partial charge on any atom is -0.461 e. The quantitative estimate of drug-likeness (QED) is 0.698. The van der Waals surface area contributed by atoms with Crippen LogP contribution in [-0.2, 0) is 32.1 Å². The molecular formula is C19H19FN2O4. The standard InChI is InChI=1S/C19H19FN2O4/c20-15-8-4-7-14(9-15)10-17(23)22-16(19(21)25)11-18(24)26-12-13-5-2-1-3-6-13/h1-9,16H,10-12H2,(H2,21,25)(H,22,23)/t16-/m0/s1. The smallest absolute Gasteiger partial charge is 0.308 e. The molecule has 0 bridgehead atoms. The summed E-state index contributed by atoms with van der Waals surface area (Å²) in [6, 6.07) is 13.4. The third kappa shape index (κ3) is 6.35. The number of benzene rings is 2. The van der Waals surface area contributed by atoms with Gasteiger partial charge in [0.1, 0.15) is 18.5 Å². The van der Waals surface area contributed by atoms with Crippen molar-refractivity contribution in [3.8, 4) is 0 Å². The van der Waals surface area contributed by atoms with E-state index in [9.17, 15) is 18.8 Å². The van der Waals surface area contributed by atoms with Crippen molar-refractivity contribution in [1.82, 2.24) is 5.32 Å². The number of primary amides is 1. The van der Waals surface area contributed by atoms with Crippen molar-refractivity contribution in [2.24, 2.45) is 5.73 Å². The number of nitrogens with one attached hydrogen (secondary N) is 1. The summed E-state index contributed by atoms with van der Waals surface area (Å²) in [6.07, 6.45) is -0.516. The highest BCUT2D eigenvalue weighted by atomic mass is 19.1. The number of hydrogen-bond donors (Lipinski definition) is 2. The van der Waals surface area contributed by atoms with Crippen LogP contribution in [0, 0.1) is 5.82 Å². The summed E-state index contributed by atoms with van der Waals surface area (Å²) >= 11 is 0. The lowest BCUT2D eigenvalue weighted by molar-refractivity contribution is -0.147. The van der Waals surface area contributed by atoms with Crippen LogP contribution in [0.5, 0.6) is 0 Å². The number of ether oxygens (including phenoxy) is 1. The summed E-state index contributed by atoms with van der Waals surface area (Å²) in [6.45, 7) is 0.0579. The van der Waals surface area contributed by atoms with E-state index >= 15 is 0 Å². The molecule has 0 aliphatic heterocycles. The zero-order valence-corrected chi connectivity index (χ0v) is 14.0. The predicted octanol–water partition coefficient (Wildman–Crippen LogP) is 1.47. The molecule has 0 aliphatic carbocycles. The molecule has 2 amide bonds. The third-order valence-corrected chi connectivity index (χ3v) is 3.55. The first-order valence-corrected chi connectivity index (χ1v) is 7.96. The summed E-state index contributed by atoms with van der Waals surface area (Å²) in [5, 5.41) is 2.38. The summed E-state index contributed by atoms with van der Waals surface area (Å²) in [5.41, 5.74) is 6.48. The Labute approximate surface area is 150 Å². The number of rotatable bonds is 8. The second kappa shape index (κ2) is 9.31. The van der Waals surface area contributed by atoms with Gasteiger partial charge in [0.05, 0.1) is 12.8 Å². The van der Waals surface area contributed by atoms with Crippen molar-refractivity contribution in [2.45, 2.75) is 25.5 Å². The van der Waals surface area contributed by atoms with Gasteiger partial charge in [-0.1, -0.05) is 42.5 Å². The molecule has 2 aromatic carbocycles. The molecule has 2 rings (SSSR count). The van der Waals surface area contributed by atoms with Gasteiger partial charge < -0.3 is 15.8 Å². The molecule has 0 saturated carbocycles. The van der Waals surface area contributed by atoms with E-state index in [1.165, 1.54) is 18.2 Å². The predicted molar refractivity (Wildman–Crippen MR) is 92.1 cm³/mol. The van der Waals surface area contributed by atoms with Crippen LogP contribution in [0.2, 0.25) is 0 Å². The summed E-state index contributed by atoms with van der Waals surface area (Å²) in [5.74, 6) is -2.53. The van der Waals surface area contributed by atoms with Crippen LogP contribution in [0.25, 0.3) is 0 Å². The molecule has 136 valence electrons. The van der Waals surface area contributed by atoms with Crippen LogP contribution >= 0.6 is 0 Å². The van der Waals surface area contributed by atoms with Crippen LogP contribution in [-0.4, -0.2) is 23.8 Å². The van der Waals surface area contributed by atoms with Gasteiger partial charge in [0.15, 0.2) is 0 Å². The second-order valence-corrected chi connectivity index (χ2v) is 5.68. The number of esters is 1. The van der Waals surface area contributed by atoms with Crippen molar-refractivity contribution in [3.63, 3.8) is 0 Å². The van der Waals surface area contributed by atoms with Gasteiger partial charge >= 0.3 is 5.97 Å². The maximum absolute atomic E-state index is 13.1. The Morgan fingerprint density at radius 2 is 1.73 bits per heavy atom. The molecule has 7 heteroatoms. The maximum atomic E-state index is 13.1. The molecule has 0 unspecified atom stereocenters. The third-order valence-electron chi connectivity index (χ3n) is 3.55. The van der Waals surface area contributed by atoms with Gasteiger partial charge in [-0.15, -0.1) is 0 Å². The Kier molecular flexibility index (Phi) is 6.84. The fourth-order valence-corrected chi connectivity index (χ4v) is 2.26. The molecular weight excluding hydrogens is 339 g/mol. The average Bonchev–Trinajstić information content (AvgIpc) is 2.60. The molecule has 3 N–H and O–H groups in total. The zero-order valence-electron chi connectivity index (χ0n) is 14.0. The van der Waals surface area contributed by atoms with Crippen molar-refractivity contribution >= 4 is 17.8 Å². The number of carbonyl (C=O) groups is 3. The Morgan fingerprint density at radius 1 is 1.04 bits per heavy atom. The van der Waals surface area contributed by atoms with E-state index in [2.05, 4.69) is 5.32 Å². The van der Waals surface area contributed by atoms with Crippen molar-refractivity contribution in [2.75, 3.05) is 0 Å². The van der Waals surface area contributed by atoms with Crippen molar-refractivity contribution in [3.05, 3.63) is 71.5 Å². The molecule has 6 nitrogen and oxygen atoms in total. The largest absolute Gasteiger partial charge is 0.461 e. The maximum Gasteiger partial charge on any atom is 0.308 e. The summed E-state index contributed by atoms with van der Waals surface area (Å²) < 4.78 is 18.2. The Morgan fingerprint density at radius 3 is 2.38 bits per heavy atom. The highest BCUT2D eigenvalue weighted by molar-refractivity contribution is 5.90. The highest BCUT2D eigenvalue weighted by Gasteiger charge is 2.22. The number of carbonyl (C=O) groups excluding carboxylic acids is 3. The number of nitrogens with two attached hydrogens (primary N) is 1. The molecule has 2 aromatic rings. The summed E-state index contributed by atoms with van der Waals surface area (Å²) in [4.78, 5) is 35.4. The molecule has 0 fully saturated rings. The van der Waals surface area contributed by atoms with Gasteiger partial charge in [-0.05, 0) is 23.3 Å². The fourth-order valence-electron chi connectivity index (χ4n) is 2.26. The highest BCUT2D eigenvalue weighted by Crippen LogP contribution is 2.06. The van der Waals surface area contributed by atoms with E-state index < -0.39 is 29.6 Å². The van der Waals surface area contributed by atoms with E-state index in [4.69, 9.17) is 10.5 Å². The Balaban J connectivity index is 1.86. The van der Waals surface area contributed by atoms with E-state index in [1.807, 2.05) is 18.2 Å². The normalized spacial score (nSPS) is 11.4. The number of hydrogen-bond acceptors (Lipinski definition) is 4. The first kappa shape index (κ1) is 19.1. The topological polar surface area (TPSA) is 98.5 Å². The Bertz CT molecular complexity index is 780. The monoisotopic (exact) mass is 358 g/mol. The second-order valence-electron chi connectivity index (χ2n) is 5.68. The molecule has 0 aromatic heterocycles. The number of halogens is 1. The van der Waals surface area contributed by atoms with Gasteiger partial charge in [0.2, 0.25) is 11.8 Å². The number of amides is 2. The molecule has 1 atom stereocenters. The van der Waals surface area contributed by atoms with E-state index in [1.54, 1.807) is 18.2 Å². The van der Waals surface area contributed by atoms with Gasteiger partial charge in [-0.3, -0.25) is 14.4 Å². The van der Waals surface area contributed by atoms with Crippen LogP contribution in [0.3, 0.4) is 0 Å². The first-order chi connectivity index (χ1) is 12.4. The summed E-state index contributed by atoms with van der Waals surface area (Å²) in [7, 11) is 0. The molecule has 0 radical (unpaired) electrons. The fraction of sp³-hybridized carbons (Fsp3) is 0.211. The average molecular weight is 358 g/mol. The van der Waals surface area contributed by atoms with E-state index in [0.717, 1.165) is 5.56 Å². The molecule has 0 saturated heterocycles. The Hall–Kier alpha value is -3.22. The SMILES string of the molecule is NC(=O)[C@H](CC(=O)OCc1ccccc1)NC(=O)Cc1cccc(F)c1.